The lowest BCUT2D eigenvalue weighted by Gasteiger charge is -2.31. The summed E-state index contributed by atoms with van der Waals surface area (Å²) in [4.78, 5) is 4.91. The predicted octanol–water partition coefficient (Wildman–Crippen LogP) is 5.32. The second kappa shape index (κ2) is 7.95. The monoisotopic (exact) mass is 374 g/mol. The molecule has 3 aromatic carbocycles. The van der Waals surface area contributed by atoms with Crippen molar-refractivity contribution in [3.05, 3.63) is 101 Å². The minimum absolute atomic E-state index is 0.0883. The zero-order valence-corrected chi connectivity index (χ0v) is 15.8. The van der Waals surface area contributed by atoms with E-state index in [2.05, 4.69) is 36.5 Å². The fourth-order valence-electron chi connectivity index (χ4n) is 3.61. The third-order valence-corrected chi connectivity index (χ3v) is 5.23. The number of phenols is 1. The van der Waals surface area contributed by atoms with E-state index in [0.29, 0.717) is 6.42 Å². The van der Waals surface area contributed by atoms with Gasteiger partial charge in [0, 0.05) is 23.7 Å². The van der Waals surface area contributed by atoms with Crippen molar-refractivity contribution in [2.75, 3.05) is 0 Å². The van der Waals surface area contributed by atoms with Gasteiger partial charge in [0.1, 0.15) is 17.7 Å². The van der Waals surface area contributed by atoms with Crippen LogP contribution in [-0.4, -0.2) is 10.8 Å². The Morgan fingerprint density at radius 3 is 2.39 bits per heavy atom. The lowest BCUT2D eigenvalue weighted by atomic mass is 9.93. The Bertz CT molecular complexity index is 980. The molecular weight excluding hydrogens is 351 g/mol. The maximum absolute atomic E-state index is 13.4. The van der Waals surface area contributed by atoms with Crippen LogP contribution in [0.5, 0.6) is 5.75 Å². The lowest BCUT2D eigenvalue weighted by Crippen LogP contribution is -2.33. The Balaban J connectivity index is 1.73. The van der Waals surface area contributed by atoms with Crippen LogP contribution in [0.1, 0.15) is 47.8 Å². The molecule has 0 fully saturated rings. The van der Waals surface area contributed by atoms with E-state index in [1.165, 1.54) is 17.7 Å². The number of para-hydroxylation sites is 1. The SMILES string of the molecule is CCc1ccc(C2=N[C@H](c3ccc(F)cc3)N[C@H](c3ccccc3O)C2)cc1. The van der Waals surface area contributed by atoms with Crippen molar-refractivity contribution < 1.29 is 9.50 Å². The van der Waals surface area contributed by atoms with Gasteiger partial charge < -0.3 is 5.11 Å². The molecule has 0 spiro atoms. The maximum atomic E-state index is 13.4. The van der Waals surface area contributed by atoms with Crippen LogP contribution < -0.4 is 5.32 Å². The van der Waals surface area contributed by atoms with Gasteiger partial charge in [-0.15, -0.1) is 0 Å². The normalized spacial score (nSPS) is 19.3. The maximum Gasteiger partial charge on any atom is 0.126 e. The fraction of sp³-hybridized carbons (Fsp3) is 0.208. The van der Waals surface area contributed by atoms with Crippen LogP contribution >= 0.6 is 0 Å². The van der Waals surface area contributed by atoms with Gasteiger partial charge in [0.15, 0.2) is 0 Å². The molecule has 3 aromatic rings. The molecule has 2 atom stereocenters. The van der Waals surface area contributed by atoms with Gasteiger partial charge in [0.25, 0.3) is 0 Å². The van der Waals surface area contributed by atoms with Gasteiger partial charge in [-0.05, 0) is 41.3 Å². The molecule has 0 saturated heterocycles. The van der Waals surface area contributed by atoms with E-state index in [1.54, 1.807) is 18.2 Å². The Hall–Kier alpha value is -2.98. The number of halogens is 1. The highest BCUT2D eigenvalue weighted by molar-refractivity contribution is 6.01. The van der Waals surface area contributed by atoms with E-state index in [0.717, 1.165) is 28.8 Å². The molecule has 0 aromatic heterocycles. The van der Waals surface area contributed by atoms with E-state index in [9.17, 15) is 9.50 Å². The fourth-order valence-corrected chi connectivity index (χ4v) is 3.61. The molecule has 0 aliphatic carbocycles. The highest BCUT2D eigenvalue weighted by Gasteiger charge is 2.27. The van der Waals surface area contributed by atoms with Crippen LogP contribution in [0, 0.1) is 5.82 Å². The molecule has 3 nitrogen and oxygen atoms in total. The van der Waals surface area contributed by atoms with Gasteiger partial charge in [0.2, 0.25) is 0 Å². The smallest absolute Gasteiger partial charge is 0.126 e. The Morgan fingerprint density at radius 2 is 1.71 bits per heavy atom. The number of hydrogen-bond donors (Lipinski definition) is 2. The number of aryl methyl sites for hydroxylation is 1. The van der Waals surface area contributed by atoms with Crippen molar-refractivity contribution >= 4 is 5.71 Å². The molecule has 4 heteroatoms. The van der Waals surface area contributed by atoms with Crippen LogP contribution in [0.2, 0.25) is 0 Å². The number of benzene rings is 3. The first-order valence-electron chi connectivity index (χ1n) is 9.59. The van der Waals surface area contributed by atoms with Crippen molar-refractivity contribution in [1.29, 1.82) is 0 Å². The minimum Gasteiger partial charge on any atom is -0.508 e. The number of aromatic hydroxyl groups is 1. The zero-order chi connectivity index (χ0) is 19.5. The van der Waals surface area contributed by atoms with Crippen molar-refractivity contribution in [2.24, 2.45) is 4.99 Å². The van der Waals surface area contributed by atoms with Crippen molar-refractivity contribution in [3.8, 4) is 5.75 Å². The van der Waals surface area contributed by atoms with E-state index in [4.69, 9.17) is 4.99 Å². The molecule has 0 saturated carbocycles. The van der Waals surface area contributed by atoms with Gasteiger partial charge in [-0.25, -0.2) is 4.39 Å². The third kappa shape index (κ3) is 3.82. The van der Waals surface area contributed by atoms with Crippen molar-refractivity contribution in [2.45, 2.75) is 32.0 Å². The standard InChI is InChI=1S/C24H23FN2O/c1-2-16-7-9-17(10-8-16)21-15-22(20-5-3-4-6-23(20)28)27-24(26-21)18-11-13-19(25)14-12-18/h3-14,22,24,27-28H,2,15H2,1H3/t22-,24-/m0/s1. The van der Waals surface area contributed by atoms with Gasteiger partial charge in [-0.1, -0.05) is 61.5 Å². The molecule has 142 valence electrons. The molecule has 4 rings (SSSR count). The number of phenolic OH excluding ortho intramolecular Hbond substituents is 1. The first-order chi connectivity index (χ1) is 13.6. The van der Waals surface area contributed by atoms with E-state index < -0.39 is 0 Å². The number of nitrogens with one attached hydrogen (secondary N) is 1. The van der Waals surface area contributed by atoms with Crippen molar-refractivity contribution in [3.63, 3.8) is 0 Å². The van der Waals surface area contributed by atoms with Crippen LogP contribution in [0.25, 0.3) is 0 Å². The highest BCUT2D eigenvalue weighted by atomic mass is 19.1. The summed E-state index contributed by atoms with van der Waals surface area (Å²) in [7, 11) is 0. The number of nitrogens with zero attached hydrogens (tertiary/aromatic N) is 1. The first-order valence-corrected chi connectivity index (χ1v) is 9.59. The average molecular weight is 374 g/mol. The minimum atomic E-state index is -0.306. The second-order valence-corrected chi connectivity index (χ2v) is 7.06. The van der Waals surface area contributed by atoms with E-state index >= 15 is 0 Å². The predicted molar refractivity (Wildman–Crippen MR) is 110 cm³/mol. The van der Waals surface area contributed by atoms with Gasteiger partial charge in [-0.3, -0.25) is 10.3 Å². The number of hydrogen-bond acceptors (Lipinski definition) is 3. The van der Waals surface area contributed by atoms with Crippen LogP contribution in [-0.2, 0) is 6.42 Å². The largest absolute Gasteiger partial charge is 0.508 e. The molecule has 2 N–H and O–H groups in total. The highest BCUT2D eigenvalue weighted by Crippen LogP contribution is 2.34. The van der Waals surface area contributed by atoms with Crippen LogP contribution in [0.15, 0.2) is 77.8 Å². The Morgan fingerprint density at radius 1 is 1.00 bits per heavy atom. The quantitative estimate of drug-likeness (QED) is 0.649. The van der Waals surface area contributed by atoms with Gasteiger partial charge in [0.05, 0.1) is 0 Å². The van der Waals surface area contributed by atoms with E-state index in [1.807, 2.05) is 18.2 Å². The summed E-state index contributed by atoms with van der Waals surface area (Å²) in [6, 6.07) is 22.1. The Labute approximate surface area is 164 Å². The lowest BCUT2D eigenvalue weighted by molar-refractivity contribution is 0.412. The molecule has 0 unspecified atom stereocenters. The third-order valence-electron chi connectivity index (χ3n) is 5.23. The molecule has 28 heavy (non-hydrogen) atoms. The summed E-state index contributed by atoms with van der Waals surface area (Å²) in [6.45, 7) is 2.13. The molecule has 1 heterocycles. The molecule has 0 bridgehead atoms. The molecular formula is C24H23FN2O. The summed E-state index contributed by atoms with van der Waals surface area (Å²) >= 11 is 0. The van der Waals surface area contributed by atoms with Gasteiger partial charge in [-0.2, -0.15) is 0 Å². The van der Waals surface area contributed by atoms with Crippen molar-refractivity contribution in [1.82, 2.24) is 5.32 Å². The number of rotatable bonds is 4. The molecule has 0 amide bonds. The summed E-state index contributed by atoms with van der Waals surface area (Å²) in [5, 5.41) is 13.9. The molecule has 1 aliphatic rings. The average Bonchev–Trinajstić information content (AvgIpc) is 2.74. The molecule has 0 radical (unpaired) electrons. The molecule has 1 aliphatic heterocycles. The summed E-state index contributed by atoms with van der Waals surface area (Å²) in [5.41, 5.74) is 5.07. The van der Waals surface area contributed by atoms with Crippen LogP contribution in [0.3, 0.4) is 0 Å². The Kier molecular flexibility index (Phi) is 5.22. The number of aliphatic imine (C=N–C) groups is 1. The second-order valence-electron chi connectivity index (χ2n) is 7.06. The van der Waals surface area contributed by atoms with Gasteiger partial charge >= 0.3 is 0 Å². The first kappa shape index (κ1) is 18.4. The topological polar surface area (TPSA) is 44.6 Å². The summed E-state index contributed by atoms with van der Waals surface area (Å²) in [5.74, 6) is -0.00314. The van der Waals surface area contributed by atoms with E-state index in [-0.39, 0.29) is 23.8 Å². The summed E-state index contributed by atoms with van der Waals surface area (Å²) in [6.07, 6.45) is 1.35. The zero-order valence-electron chi connectivity index (χ0n) is 15.8. The van der Waals surface area contributed by atoms with Crippen LogP contribution in [0.4, 0.5) is 4.39 Å². The summed E-state index contributed by atoms with van der Waals surface area (Å²) < 4.78 is 13.4.